The Hall–Kier alpha value is -1.92. The SMILES string of the molecule is CC(CCc1ccccc1)NC(=O)CN1CCN(c2nccs2)CC1. The topological polar surface area (TPSA) is 48.5 Å². The van der Waals surface area contributed by atoms with E-state index in [-0.39, 0.29) is 11.9 Å². The van der Waals surface area contributed by atoms with Crippen LogP contribution in [-0.2, 0) is 11.2 Å². The number of amides is 1. The molecule has 1 aliphatic heterocycles. The van der Waals surface area contributed by atoms with Gasteiger partial charge in [0.25, 0.3) is 0 Å². The summed E-state index contributed by atoms with van der Waals surface area (Å²) < 4.78 is 0. The average molecular weight is 359 g/mol. The Morgan fingerprint density at radius 2 is 2.00 bits per heavy atom. The van der Waals surface area contributed by atoms with E-state index in [1.165, 1.54) is 5.56 Å². The zero-order valence-corrected chi connectivity index (χ0v) is 15.5. The molecule has 0 bridgehead atoms. The summed E-state index contributed by atoms with van der Waals surface area (Å²) >= 11 is 1.67. The summed E-state index contributed by atoms with van der Waals surface area (Å²) in [6.07, 6.45) is 3.80. The zero-order valence-electron chi connectivity index (χ0n) is 14.7. The standard InChI is InChI=1S/C19H26N4OS/c1-16(7-8-17-5-3-2-4-6-17)21-18(24)15-22-10-12-23(13-11-22)19-20-9-14-25-19/h2-6,9,14,16H,7-8,10-13,15H2,1H3,(H,21,24). The quantitative estimate of drug-likeness (QED) is 0.826. The Bertz CT molecular complexity index is 639. The Kier molecular flexibility index (Phi) is 6.42. The van der Waals surface area contributed by atoms with Crippen molar-refractivity contribution in [1.29, 1.82) is 0 Å². The fraction of sp³-hybridized carbons (Fsp3) is 0.474. The van der Waals surface area contributed by atoms with Crippen LogP contribution >= 0.6 is 11.3 Å². The molecule has 1 amide bonds. The molecule has 1 saturated heterocycles. The van der Waals surface area contributed by atoms with E-state index in [4.69, 9.17) is 0 Å². The third-order valence-corrected chi connectivity index (χ3v) is 5.38. The van der Waals surface area contributed by atoms with Gasteiger partial charge in [-0.25, -0.2) is 4.98 Å². The smallest absolute Gasteiger partial charge is 0.234 e. The fourth-order valence-electron chi connectivity index (χ4n) is 3.09. The highest BCUT2D eigenvalue weighted by atomic mass is 32.1. The Morgan fingerprint density at radius 3 is 2.68 bits per heavy atom. The zero-order chi connectivity index (χ0) is 17.5. The van der Waals surface area contributed by atoms with Crippen LogP contribution in [0.15, 0.2) is 41.9 Å². The van der Waals surface area contributed by atoms with Crippen LogP contribution in [-0.4, -0.2) is 54.6 Å². The molecule has 1 N–H and O–H groups in total. The van der Waals surface area contributed by atoms with Gasteiger partial charge < -0.3 is 10.2 Å². The van der Waals surface area contributed by atoms with Crippen molar-refractivity contribution in [1.82, 2.24) is 15.2 Å². The summed E-state index contributed by atoms with van der Waals surface area (Å²) in [6.45, 7) is 6.26. The second kappa shape index (κ2) is 8.97. The molecular formula is C19H26N4OS. The number of nitrogens with zero attached hydrogens (tertiary/aromatic N) is 3. The Balaban J connectivity index is 1.35. The molecule has 6 heteroatoms. The molecule has 25 heavy (non-hydrogen) atoms. The summed E-state index contributed by atoms with van der Waals surface area (Å²) in [5.74, 6) is 0.128. The minimum absolute atomic E-state index is 0.128. The van der Waals surface area contributed by atoms with Gasteiger partial charge in [0.05, 0.1) is 6.54 Å². The van der Waals surface area contributed by atoms with Gasteiger partial charge in [-0.1, -0.05) is 30.3 Å². The first-order chi connectivity index (χ1) is 12.2. The van der Waals surface area contributed by atoms with Gasteiger partial charge in [0.2, 0.25) is 5.91 Å². The number of thiazole rings is 1. The average Bonchev–Trinajstić information content (AvgIpc) is 3.16. The lowest BCUT2D eigenvalue weighted by Crippen LogP contribution is -2.50. The van der Waals surface area contributed by atoms with Crippen LogP contribution in [0.2, 0.25) is 0 Å². The molecule has 1 aromatic carbocycles. The van der Waals surface area contributed by atoms with Gasteiger partial charge in [0.1, 0.15) is 0 Å². The van der Waals surface area contributed by atoms with Crippen molar-refractivity contribution in [2.24, 2.45) is 0 Å². The summed E-state index contributed by atoms with van der Waals surface area (Å²) in [6, 6.07) is 10.6. The van der Waals surface area contributed by atoms with Gasteiger partial charge in [-0.2, -0.15) is 0 Å². The van der Waals surface area contributed by atoms with E-state index in [2.05, 4.69) is 51.3 Å². The maximum Gasteiger partial charge on any atom is 0.234 e. The summed E-state index contributed by atoms with van der Waals surface area (Å²) in [4.78, 5) is 21.1. The number of piperazine rings is 1. The van der Waals surface area contributed by atoms with Crippen LogP contribution in [0.3, 0.4) is 0 Å². The van der Waals surface area contributed by atoms with Gasteiger partial charge in [-0.05, 0) is 25.3 Å². The van der Waals surface area contributed by atoms with E-state index in [1.807, 2.05) is 17.6 Å². The van der Waals surface area contributed by atoms with Gasteiger partial charge >= 0.3 is 0 Å². The van der Waals surface area contributed by atoms with Crippen LogP contribution in [0.25, 0.3) is 0 Å². The second-order valence-electron chi connectivity index (χ2n) is 6.57. The van der Waals surface area contributed by atoms with Gasteiger partial charge in [0, 0.05) is 43.8 Å². The monoisotopic (exact) mass is 358 g/mol. The number of hydrogen-bond acceptors (Lipinski definition) is 5. The van der Waals surface area contributed by atoms with E-state index in [0.29, 0.717) is 6.54 Å². The molecule has 0 aliphatic carbocycles. The van der Waals surface area contributed by atoms with E-state index < -0.39 is 0 Å². The van der Waals surface area contributed by atoms with Crippen LogP contribution in [0.4, 0.5) is 5.13 Å². The number of carbonyl (C=O) groups excluding carboxylic acids is 1. The molecule has 3 rings (SSSR count). The molecule has 1 fully saturated rings. The molecule has 1 aromatic heterocycles. The molecule has 0 spiro atoms. The highest BCUT2D eigenvalue weighted by Gasteiger charge is 2.20. The Morgan fingerprint density at radius 1 is 1.24 bits per heavy atom. The predicted octanol–water partition coefficient (Wildman–Crippen LogP) is 2.40. The van der Waals surface area contributed by atoms with Crippen molar-refractivity contribution < 1.29 is 4.79 Å². The first kappa shape index (κ1) is 17.9. The van der Waals surface area contributed by atoms with E-state index in [1.54, 1.807) is 11.3 Å². The van der Waals surface area contributed by atoms with E-state index in [9.17, 15) is 4.79 Å². The van der Waals surface area contributed by atoms with Gasteiger partial charge in [0.15, 0.2) is 5.13 Å². The van der Waals surface area contributed by atoms with Crippen molar-refractivity contribution in [3.05, 3.63) is 47.5 Å². The second-order valence-corrected chi connectivity index (χ2v) is 7.44. The number of carbonyl (C=O) groups is 1. The molecule has 0 radical (unpaired) electrons. The van der Waals surface area contributed by atoms with E-state index >= 15 is 0 Å². The molecule has 5 nitrogen and oxygen atoms in total. The van der Waals surface area contributed by atoms with Crippen molar-refractivity contribution in [2.75, 3.05) is 37.6 Å². The van der Waals surface area contributed by atoms with Crippen molar-refractivity contribution in [2.45, 2.75) is 25.8 Å². The highest BCUT2D eigenvalue weighted by Crippen LogP contribution is 2.18. The third-order valence-electron chi connectivity index (χ3n) is 4.55. The molecule has 2 aromatic rings. The maximum atomic E-state index is 12.3. The summed E-state index contributed by atoms with van der Waals surface area (Å²) in [5, 5.41) is 6.22. The molecule has 1 aliphatic rings. The number of hydrogen-bond donors (Lipinski definition) is 1. The number of aromatic nitrogens is 1. The molecule has 1 atom stereocenters. The molecule has 0 saturated carbocycles. The van der Waals surface area contributed by atoms with E-state index in [0.717, 1.165) is 44.2 Å². The third kappa shape index (κ3) is 5.54. The van der Waals surface area contributed by atoms with Crippen molar-refractivity contribution in [3.8, 4) is 0 Å². The molecule has 2 heterocycles. The highest BCUT2D eigenvalue weighted by molar-refractivity contribution is 7.13. The van der Waals surface area contributed by atoms with Crippen LogP contribution in [0, 0.1) is 0 Å². The number of benzene rings is 1. The summed E-state index contributed by atoms with van der Waals surface area (Å²) in [7, 11) is 0. The molecule has 134 valence electrons. The van der Waals surface area contributed by atoms with Crippen molar-refractivity contribution >= 4 is 22.4 Å². The first-order valence-electron chi connectivity index (χ1n) is 8.91. The largest absolute Gasteiger partial charge is 0.353 e. The number of anilines is 1. The van der Waals surface area contributed by atoms with Crippen LogP contribution < -0.4 is 10.2 Å². The summed E-state index contributed by atoms with van der Waals surface area (Å²) in [5.41, 5.74) is 1.32. The predicted molar refractivity (Wildman–Crippen MR) is 103 cm³/mol. The van der Waals surface area contributed by atoms with Gasteiger partial charge in [-0.3, -0.25) is 9.69 Å². The van der Waals surface area contributed by atoms with Crippen molar-refractivity contribution in [3.63, 3.8) is 0 Å². The number of rotatable bonds is 7. The Labute approximate surface area is 153 Å². The first-order valence-corrected chi connectivity index (χ1v) is 9.79. The van der Waals surface area contributed by atoms with Crippen LogP contribution in [0.5, 0.6) is 0 Å². The number of nitrogens with one attached hydrogen (secondary N) is 1. The molecule has 1 unspecified atom stereocenters. The lowest BCUT2D eigenvalue weighted by atomic mass is 10.1. The minimum Gasteiger partial charge on any atom is -0.353 e. The maximum absolute atomic E-state index is 12.3. The molecular weight excluding hydrogens is 332 g/mol. The normalized spacial score (nSPS) is 16.6. The number of aryl methyl sites for hydroxylation is 1. The van der Waals surface area contributed by atoms with Crippen LogP contribution in [0.1, 0.15) is 18.9 Å². The lowest BCUT2D eigenvalue weighted by molar-refractivity contribution is -0.122. The lowest BCUT2D eigenvalue weighted by Gasteiger charge is -2.34. The van der Waals surface area contributed by atoms with Gasteiger partial charge in [-0.15, -0.1) is 11.3 Å². The fourth-order valence-corrected chi connectivity index (χ4v) is 3.79. The minimum atomic E-state index is 0.128.